The highest BCUT2D eigenvalue weighted by Gasteiger charge is 2.34. The summed E-state index contributed by atoms with van der Waals surface area (Å²) in [4.78, 5) is 18.3. The maximum Gasteiger partial charge on any atom is 0.270 e. The topological polar surface area (TPSA) is 49.2 Å². The van der Waals surface area contributed by atoms with Crippen LogP contribution in [0.15, 0.2) is 34.7 Å². The van der Waals surface area contributed by atoms with Gasteiger partial charge >= 0.3 is 0 Å². The van der Waals surface area contributed by atoms with Crippen LogP contribution in [0.5, 0.6) is 0 Å². The van der Waals surface area contributed by atoms with Gasteiger partial charge in [-0.25, -0.2) is 0 Å². The summed E-state index contributed by atoms with van der Waals surface area (Å²) in [5.41, 5.74) is 4.08. The predicted octanol–water partition coefficient (Wildman–Crippen LogP) is 4.49. The Kier molecular flexibility index (Phi) is 3.48. The molecule has 4 heteroatoms. The Balaban J connectivity index is 1.66. The van der Waals surface area contributed by atoms with Crippen LogP contribution in [0.2, 0.25) is 0 Å². The summed E-state index contributed by atoms with van der Waals surface area (Å²) in [6, 6.07) is 10.5. The van der Waals surface area contributed by atoms with Gasteiger partial charge in [0.2, 0.25) is 0 Å². The number of amides is 1. The number of carbonyl (C=O) groups excluding carboxylic acids is 1. The third kappa shape index (κ3) is 2.73. The summed E-state index contributed by atoms with van der Waals surface area (Å²) in [5.74, 6) is 1.78. The van der Waals surface area contributed by atoms with Crippen LogP contribution in [-0.2, 0) is 6.54 Å². The maximum absolute atomic E-state index is 13.1. The van der Waals surface area contributed by atoms with Crippen LogP contribution in [0.4, 0.5) is 0 Å². The molecule has 124 valence electrons. The first-order chi connectivity index (χ1) is 11.5. The molecule has 2 aromatic heterocycles. The number of H-pyrrole nitrogens is 1. The van der Waals surface area contributed by atoms with Gasteiger partial charge in [0.1, 0.15) is 17.2 Å². The number of carbonyl (C=O) groups is 1. The summed E-state index contributed by atoms with van der Waals surface area (Å²) < 4.78 is 5.67. The van der Waals surface area contributed by atoms with Crippen LogP contribution in [0.25, 0.3) is 10.9 Å². The number of aromatic nitrogens is 1. The number of nitrogens with zero attached hydrogens (tertiary/aromatic N) is 1. The van der Waals surface area contributed by atoms with Gasteiger partial charge in [-0.2, -0.15) is 0 Å². The summed E-state index contributed by atoms with van der Waals surface area (Å²) in [6.45, 7) is 6.62. The highest BCUT2D eigenvalue weighted by molar-refractivity contribution is 5.99. The van der Waals surface area contributed by atoms with Gasteiger partial charge in [-0.05, 0) is 69.0 Å². The Bertz CT molecular complexity index is 915. The SMILES string of the molecule is Cc1cc(C)c2cc(C(=O)N(Cc3ccc(C)o3)C3CC3)[nH]c2c1. The smallest absolute Gasteiger partial charge is 0.270 e. The number of benzene rings is 1. The van der Waals surface area contributed by atoms with Crippen LogP contribution in [-0.4, -0.2) is 21.8 Å². The second-order valence-electron chi connectivity index (χ2n) is 6.90. The standard InChI is InChI=1S/C20H22N2O2/c1-12-8-13(2)17-10-19(21-18(17)9-12)20(23)22(15-5-6-15)11-16-7-4-14(3)24-16/h4,7-10,15,21H,5-6,11H2,1-3H3. The molecule has 0 aliphatic heterocycles. The molecule has 24 heavy (non-hydrogen) atoms. The van der Waals surface area contributed by atoms with Crippen LogP contribution < -0.4 is 0 Å². The molecule has 1 aliphatic carbocycles. The molecule has 0 unspecified atom stereocenters. The molecule has 0 radical (unpaired) electrons. The number of fused-ring (bicyclic) bond motifs is 1. The van der Waals surface area contributed by atoms with Crippen molar-refractivity contribution < 1.29 is 9.21 Å². The van der Waals surface area contributed by atoms with Crippen molar-refractivity contribution in [3.05, 3.63) is 58.7 Å². The molecule has 0 bridgehead atoms. The quantitative estimate of drug-likeness (QED) is 0.769. The minimum absolute atomic E-state index is 0.0554. The number of hydrogen-bond acceptors (Lipinski definition) is 2. The van der Waals surface area contributed by atoms with Crippen LogP contribution >= 0.6 is 0 Å². The molecule has 0 atom stereocenters. The van der Waals surface area contributed by atoms with Crippen molar-refractivity contribution in [3.8, 4) is 0 Å². The molecule has 2 heterocycles. The molecule has 3 aromatic rings. The van der Waals surface area contributed by atoms with Gasteiger partial charge in [0.05, 0.1) is 6.54 Å². The van der Waals surface area contributed by atoms with Crippen molar-refractivity contribution in [1.82, 2.24) is 9.88 Å². The van der Waals surface area contributed by atoms with E-state index < -0.39 is 0 Å². The van der Waals surface area contributed by atoms with E-state index in [1.165, 1.54) is 11.1 Å². The first-order valence-corrected chi connectivity index (χ1v) is 8.47. The lowest BCUT2D eigenvalue weighted by Crippen LogP contribution is -2.32. The Hall–Kier alpha value is -2.49. The van der Waals surface area contributed by atoms with Crippen molar-refractivity contribution >= 4 is 16.8 Å². The predicted molar refractivity (Wildman–Crippen MR) is 94.1 cm³/mol. The van der Waals surface area contributed by atoms with E-state index in [1.54, 1.807) is 0 Å². The summed E-state index contributed by atoms with van der Waals surface area (Å²) in [5, 5.41) is 1.12. The Morgan fingerprint density at radius 3 is 2.67 bits per heavy atom. The molecule has 0 saturated heterocycles. The highest BCUT2D eigenvalue weighted by atomic mass is 16.3. The van der Waals surface area contributed by atoms with E-state index in [1.807, 2.05) is 30.0 Å². The lowest BCUT2D eigenvalue weighted by Gasteiger charge is -2.20. The molecule has 1 amide bonds. The van der Waals surface area contributed by atoms with Gasteiger partial charge in [-0.15, -0.1) is 0 Å². The number of furan rings is 1. The zero-order chi connectivity index (χ0) is 16.8. The summed E-state index contributed by atoms with van der Waals surface area (Å²) in [7, 11) is 0. The lowest BCUT2D eigenvalue weighted by molar-refractivity contribution is 0.0712. The molecule has 1 aromatic carbocycles. The second kappa shape index (κ2) is 5.55. The molecular weight excluding hydrogens is 300 g/mol. The third-order valence-electron chi connectivity index (χ3n) is 4.69. The van der Waals surface area contributed by atoms with E-state index in [-0.39, 0.29) is 5.91 Å². The van der Waals surface area contributed by atoms with Gasteiger partial charge in [0.25, 0.3) is 5.91 Å². The van der Waals surface area contributed by atoms with Crippen molar-refractivity contribution in [2.75, 3.05) is 0 Å². The molecule has 4 rings (SSSR count). The number of aryl methyl sites for hydroxylation is 3. The number of aromatic amines is 1. The minimum atomic E-state index is 0.0554. The average Bonchev–Trinajstić information content (AvgIpc) is 3.14. The van der Waals surface area contributed by atoms with E-state index in [0.717, 1.165) is 35.3 Å². The van der Waals surface area contributed by atoms with E-state index in [9.17, 15) is 4.79 Å². The third-order valence-corrected chi connectivity index (χ3v) is 4.69. The Morgan fingerprint density at radius 1 is 1.21 bits per heavy atom. The van der Waals surface area contributed by atoms with E-state index in [2.05, 4.69) is 31.0 Å². The first kappa shape index (κ1) is 15.1. The van der Waals surface area contributed by atoms with Crippen molar-refractivity contribution in [3.63, 3.8) is 0 Å². The van der Waals surface area contributed by atoms with Crippen molar-refractivity contribution in [2.24, 2.45) is 0 Å². The van der Waals surface area contributed by atoms with Crippen molar-refractivity contribution in [1.29, 1.82) is 0 Å². The lowest BCUT2D eigenvalue weighted by atomic mass is 10.1. The fraction of sp³-hybridized carbons (Fsp3) is 0.350. The molecule has 1 saturated carbocycles. The molecule has 4 nitrogen and oxygen atoms in total. The average molecular weight is 322 g/mol. The van der Waals surface area contributed by atoms with Gasteiger partial charge in [-0.1, -0.05) is 6.07 Å². The number of rotatable bonds is 4. The number of hydrogen-bond donors (Lipinski definition) is 1. The van der Waals surface area contributed by atoms with E-state index in [4.69, 9.17) is 4.42 Å². The Labute approximate surface area is 141 Å². The van der Waals surface area contributed by atoms with Gasteiger partial charge in [0, 0.05) is 16.9 Å². The zero-order valence-corrected chi connectivity index (χ0v) is 14.3. The van der Waals surface area contributed by atoms with Crippen molar-refractivity contribution in [2.45, 2.75) is 46.2 Å². The van der Waals surface area contributed by atoms with Gasteiger partial charge in [-0.3, -0.25) is 4.79 Å². The maximum atomic E-state index is 13.1. The molecule has 1 aliphatic rings. The minimum Gasteiger partial charge on any atom is -0.464 e. The van der Waals surface area contributed by atoms with Crippen LogP contribution in [0, 0.1) is 20.8 Å². The molecule has 1 N–H and O–H groups in total. The second-order valence-corrected chi connectivity index (χ2v) is 6.90. The van der Waals surface area contributed by atoms with Gasteiger partial charge < -0.3 is 14.3 Å². The first-order valence-electron chi connectivity index (χ1n) is 8.47. The normalized spacial score (nSPS) is 14.3. The molecule has 1 fully saturated rings. The fourth-order valence-corrected chi connectivity index (χ4v) is 3.36. The largest absolute Gasteiger partial charge is 0.464 e. The Morgan fingerprint density at radius 2 is 2.00 bits per heavy atom. The summed E-state index contributed by atoms with van der Waals surface area (Å²) >= 11 is 0. The fourth-order valence-electron chi connectivity index (χ4n) is 3.36. The van der Waals surface area contributed by atoms with E-state index in [0.29, 0.717) is 18.3 Å². The monoisotopic (exact) mass is 322 g/mol. The van der Waals surface area contributed by atoms with Crippen LogP contribution in [0.1, 0.15) is 46.0 Å². The van der Waals surface area contributed by atoms with E-state index >= 15 is 0 Å². The zero-order valence-electron chi connectivity index (χ0n) is 14.3. The molecule has 0 spiro atoms. The molecular formula is C20H22N2O2. The highest BCUT2D eigenvalue weighted by Crippen LogP contribution is 2.31. The summed E-state index contributed by atoms with van der Waals surface area (Å²) in [6.07, 6.45) is 2.15. The van der Waals surface area contributed by atoms with Crippen LogP contribution in [0.3, 0.4) is 0 Å². The number of nitrogens with one attached hydrogen (secondary N) is 1. The van der Waals surface area contributed by atoms with Gasteiger partial charge in [0.15, 0.2) is 0 Å².